The molecule has 2 aromatic rings. The molecule has 0 radical (unpaired) electrons. The van der Waals surface area contributed by atoms with Crippen LogP contribution in [-0.2, 0) is 4.79 Å². The number of piperazine rings is 1. The Morgan fingerprint density at radius 2 is 1.73 bits per heavy atom. The first-order chi connectivity index (χ1) is 12.8. The molecule has 0 spiro atoms. The number of hydrogen-bond acceptors (Lipinski definition) is 5. The molecule has 0 aliphatic carbocycles. The zero-order valence-corrected chi connectivity index (χ0v) is 14.7. The van der Waals surface area contributed by atoms with Crippen molar-refractivity contribution < 1.29 is 9.69 Å². The maximum absolute atomic E-state index is 12.6. The molecule has 4 rings (SSSR count). The van der Waals surface area contributed by atoms with E-state index >= 15 is 0 Å². The van der Waals surface area contributed by atoms with Crippen LogP contribution in [0, 0.1) is 0 Å². The molecule has 1 fully saturated rings. The van der Waals surface area contributed by atoms with Gasteiger partial charge in [0.15, 0.2) is 6.54 Å². The molecular formula is C19H23N6O+. The highest BCUT2D eigenvalue weighted by atomic mass is 16.2. The van der Waals surface area contributed by atoms with Gasteiger partial charge in [-0.3, -0.25) is 4.79 Å². The molecule has 26 heavy (non-hydrogen) atoms. The Morgan fingerprint density at radius 1 is 1.00 bits per heavy atom. The molecular weight excluding hydrogens is 328 g/mol. The molecule has 134 valence electrons. The first kappa shape index (κ1) is 16.7. The number of carbonyl (C=O) groups excluding carboxylic acids is 1. The number of nitrogens with one attached hydrogen (secondary N) is 1. The third-order valence-electron chi connectivity index (χ3n) is 4.90. The second kappa shape index (κ2) is 7.61. The van der Waals surface area contributed by atoms with Crippen LogP contribution >= 0.6 is 0 Å². The Bertz CT molecular complexity index is 771. The third-order valence-corrected chi connectivity index (χ3v) is 4.90. The highest BCUT2D eigenvalue weighted by molar-refractivity contribution is 6.02. The number of aromatic nitrogens is 2. The summed E-state index contributed by atoms with van der Waals surface area (Å²) in [5.74, 6) is 0.880. The molecule has 1 N–H and O–H groups in total. The van der Waals surface area contributed by atoms with Gasteiger partial charge >= 0.3 is 0 Å². The molecule has 1 aromatic carbocycles. The van der Waals surface area contributed by atoms with Crippen molar-refractivity contribution in [2.75, 3.05) is 44.2 Å². The topological polar surface area (TPSA) is 66.1 Å². The largest absolute Gasteiger partial charge is 0.330 e. The molecule has 1 saturated heterocycles. The first-order valence-electron chi connectivity index (χ1n) is 9.08. The Labute approximate surface area is 153 Å². The third kappa shape index (κ3) is 3.72. The zero-order chi connectivity index (χ0) is 17.8. The summed E-state index contributed by atoms with van der Waals surface area (Å²) in [5.41, 5.74) is 2.10. The van der Waals surface area contributed by atoms with Gasteiger partial charge in [0.05, 0.1) is 38.4 Å². The minimum atomic E-state index is 0.107. The fraction of sp³-hybridized carbons (Fsp3) is 0.368. The van der Waals surface area contributed by atoms with Crippen molar-refractivity contribution in [2.24, 2.45) is 5.10 Å². The molecule has 0 unspecified atom stereocenters. The fourth-order valence-electron chi connectivity index (χ4n) is 3.43. The van der Waals surface area contributed by atoms with E-state index in [1.54, 1.807) is 17.4 Å². The summed E-state index contributed by atoms with van der Waals surface area (Å²) in [6.07, 6.45) is 4.35. The van der Waals surface area contributed by atoms with E-state index in [0.717, 1.165) is 49.8 Å². The molecule has 0 saturated carbocycles. The second-order valence-corrected chi connectivity index (χ2v) is 6.64. The molecule has 2 aliphatic rings. The van der Waals surface area contributed by atoms with Crippen LogP contribution in [0.15, 0.2) is 53.9 Å². The number of rotatable bonds is 4. The van der Waals surface area contributed by atoms with Crippen LogP contribution in [-0.4, -0.2) is 65.9 Å². The molecule has 1 aromatic heterocycles. The van der Waals surface area contributed by atoms with Crippen molar-refractivity contribution in [3.8, 4) is 0 Å². The second-order valence-electron chi connectivity index (χ2n) is 6.64. The lowest BCUT2D eigenvalue weighted by Gasteiger charge is -2.32. The Morgan fingerprint density at radius 3 is 2.46 bits per heavy atom. The summed E-state index contributed by atoms with van der Waals surface area (Å²) in [6, 6.07) is 11.9. The standard InChI is InChI=1S/C19H22N6O/c26-18(25-10-7-17(22-25)16-5-2-1-3-6-16)15-23-11-13-24(14-12-23)19-20-8-4-9-21-19/h1-6,8-9H,7,10-15H2/p+1. The lowest BCUT2D eigenvalue weighted by Crippen LogP contribution is -3.15. The average Bonchev–Trinajstić information content (AvgIpc) is 3.20. The van der Waals surface area contributed by atoms with Gasteiger partial charge in [0.2, 0.25) is 5.95 Å². The SMILES string of the molecule is O=C(C[NH+]1CCN(c2ncccn2)CC1)N1CCC(c2ccccc2)=N1. The van der Waals surface area contributed by atoms with Crippen LogP contribution in [0.3, 0.4) is 0 Å². The smallest absolute Gasteiger partial charge is 0.297 e. The predicted octanol–water partition coefficient (Wildman–Crippen LogP) is -0.182. The number of benzene rings is 1. The van der Waals surface area contributed by atoms with E-state index in [4.69, 9.17) is 0 Å². The summed E-state index contributed by atoms with van der Waals surface area (Å²) >= 11 is 0. The Kier molecular flexibility index (Phi) is 4.88. The van der Waals surface area contributed by atoms with E-state index < -0.39 is 0 Å². The van der Waals surface area contributed by atoms with E-state index in [0.29, 0.717) is 13.1 Å². The van der Waals surface area contributed by atoms with Crippen LogP contribution < -0.4 is 9.80 Å². The normalized spacial score (nSPS) is 18.1. The highest BCUT2D eigenvalue weighted by Crippen LogP contribution is 2.13. The maximum Gasteiger partial charge on any atom is 0.297 e. The van der Waals surface area contributed by atoms with Crippen molar-refractivity contribution in [3.63, 3.8) is 0 Å². The van der Waals surface area contributed by atoms with Crippen molar-refractivity contribution in [1.29, 1.82) is 0 Å². The van der Waals surface area contributed by atoms with Crippen molar-refractivity contribution >= 4 is 17.6 Å². The van der Waals surface area contributed by atoms with E-state index in [1.165, 1.54) is 4.90 Å². The van der Waals surface area contributed by atoms with Crippen LogP contribution in [0.4, 0.5) is 5.95 Å². The van der Waals surface area contributed by atoms with E-state index in [2.05, 4.69) is 20.0 Å². The number of anilines is 1. The van der Waals surface area contributed by atoms with Gasteiger partial charge in [-0.1, -0.05) is 30.3 Å². The molecule has 2 aliphatic heterocycles. The van der Waals surface area contributed by atoms with E-state index in [9.17, 15) is 4.79 Å². The number of nitrogens with zero attached hydrogens (tertiary/aromatic N) is 5. The molecule has 1 amide bonds. The van der Waals surface area contributed by atoms with Crippen molar-refractivity contribution in [3.05, 3.63) is 54.4 Å². The molecule has 0 bridgehead atoms. The number of quaternary nitrogens is 1. The Balaban J connectivity index is 1.30. The average molecular weight is 351 g/mol. The number of carbonyl (C=O) groups is 1. The lowest BCUT2D eigenvalue weighted by atomic mass is 10.1. The summed E-state index contributed by atoms with van der Waals surface area (Å²) in [7, 11) is 0. The van der Waals surface area contributed by atoms with Crippen molar-refractivity contribution in [2.45, 2.75) is 6.42 Å². The van der Waals surface area contributed by atoms with Gasteiger partial charge in [-0.05, 0) is 11.6 Å². The number of hydrazone groups is 1. The van der Waals surface area contributed by atoms with E-state index in [-0.39, 0.29) is 5.91 Å². The summed E-state index contributed by atoms with van der Waals surface area (Å²) in [6.45, 7) is 4.73. The lowest BCUT2D eigenvalue weighted by molar-refractivity contribution is -0.892. The van der Waals surface area contributed by atoms with Crippen LogP contribution in [0.1, 0.15) is 12.0 Å². The number of amides is 1. The first-order valence-corrected chi connectivity index (χ1v) is 9.08. The summed E-state index contributed by atoms with van der Waals surface area (Å²) < 4.78 is 0. The highest BCUT2D eigenvalue weighted by Gasteiger charge is 2.28. The minimum Gasteiger partial charge on any atom is -0.330 e. The quantitative estimate of drug-likeness (QED) is 0.830. The molecule has 0 atom stereocenters. The van der Waals surface area contributed by atoms with Crippen LogP contribution in [0.5, 0.6) is 0 Å². The zero-order valence-electron chi connectivity index (χ0n) is 14.7. The Hall–Kier alpha value is -2.80. The van der Waals surface area contributed by atoms with Gasteiger partial charge in [0.25, 0.3) is 5.91 Å². The fourth-order valence-corrected chi connectivity index (χ4v) is 3.43. The van der Waals surface area contributed by atoms with Gasteiger partial charge in [-0.2, -0.15) is 5.10 Å². The van der Waals surface area contributed by atoms with Gasteiger partial charge in [0, 0.05) is 18.8 Å². The van der Waals surface area contributed by atoms with Gasteiger partial charge in [0.1, 0.15) is 0 Å². The van der Waals surface area contributed by atoms with Gasteiger partial charge in [-0.15, -0.1) is 0 Å². The van der Waals surface area contributed by atoms with Crippen LogP contribution in [0.2, 0.25) is 0 Å². The minimum absolute atomic E-state index is 0.107. The molecule has 7 nitrogen and oxygen atoms in total. The van der Waals surface area contributed by atoms with Crippen LogP contribution in [0.25, 0.3) is 0 Å². The molecule has 3 heterocycles. The van der Waals surface area contributed by atoms with Gasteiger partial charge < -0.3 is 9.80 Å². The molecule has 7 heteroatoms. The monoisotopic (exact) mass is 351 g/mol. The summed E-state index contributed by atoms with van der Waals surface area (Å²) in [4.78, 5) is 24.7. The van der Waals surface area contributed by atoms with Gasteiger partial charge in [-0.25, -0.2) is 15.0 Å². The number of hydrogen-bond donors (Lipinski definition) is 1. The van der Waals surface area contributed by atoms with Crippen molar-refractivity contribution in [1.82, 2.24) is 15.0 Å². The maximum atomic E-state index is 12.6. The predicted molar refractivity (Wildman–Crippen MR) is 99.1 cm³/mol. The summed E-state index contributed by atoms with van der Waals surface area (Å²) in [5, 5.41) is 6.18. The van der Waals surface area contributed by atoms with E-state index in [1.807, 2.05) is 36.4 Å².